The van der Waals surface area contributed by atoms with Crippen LogP contribution in [0.25, 0.3) is 0 Å². The number of carbonyl (C=O) groups excluding carboxylic acids is 1. The minimum atomic E-state index is -0.0762. The molecule has 0 saturated heterocycles. The van der Waals surface area contributed by atoms with Crippen LogP contribution in [0.3, 0.4) is 0 Å². The van der Waals surface area contributed by atoms with Crippen molar-refractivity contribution >= 4 is 5.78 Å². The van der Waals surface area contributed by atoms with E-state index in [2.05, 4.69) is 24.5 Å². The van der Waals surface area contributed by atoms with Crippen molar-refractivity contribution in [2.75, 3.05) is 6.61 Å². The van der Waals surface area contributed by atoms with Crippen molar-refractivity contribution in [3.8, 4) is 11.8 Å². The van der Waals surface area contributed by atoms with E-state index in [-0.39, 0.29) is 12.4 Å². The van der Waals surface area contributed by atoms with E-state index < -0.39 is 0 Å². The van der Waals surface area contributed by atoms with Crippen molar-refractivity contribution in [2.45, 2.75) is 33.7 Å². The molecule has 4 heteroatoms. The first-order valence-corrected chi connectivity index (χ1v) is 7.29. The molecule has 22 heavy (non-hydrogen) atoms. The Bertz CT molecular complexity index is 736. The van der Waals surface area contributed by atoms with Crippen molar-refractivity contribution in [3.63, 3.8) is 0 Å². The van der Waals surface area contributed by atoms with Crippen LogP contribution < -0.4 is 4.74 Å². The second-order valence-corrected chi connectivity index (χ2v) is 5.57. The molecule has 0 aliphatic rings. The number of nitrogens with zero attached hydrogens (tertiary/aromatic N) is 2. The maximum atomic E-state index is 12.4. The van der Waals surface area contributed by atoms with Gasteiger partial charge in [0.2, 0.25) is 5.78 Å². The van der Waals surface area contributed by atoms with E-state index in [1.165, 1.54) is 0 Å². The van der Waals surface area contributed by atoms with E-state index in [0.29, 0.717) is 22.9 Å². The molecule has 0 bridgehead atoms. The van der Waals surface area contributed by atoms with Gasteiger partial charge in [0.25, 0.3) is 0 Å². The van der Waals surface area contributed by atoms with E-state index in [1.807, 2.05) is 19.9 Å². The Kier molecular flexibility index (Phi) is 4.67. The van der Waals surface area contributed by atoms with Crippen LogP contribution in [-0.4, -0.2) is 17.0 Å². The highest BCUT2D eigenvalue weighted by molar-refractivity contribution is 5.98. The van der Waals surface area contributed by atoms with Crippen LogP contribution in [0.4, 0.5) is 0 Å². The lowest BCUT2D eigenvalue weighted by atomic mass is 10.1. The van der Waals surface area contributed by atoms with Crippen LogP contribution in [0.15, 0.2) is 30.3 Å². The molecule has 0 spiro atoms. The van der Waals surface area contributed by atoms with Crippen LogP contribution in [0, 0.1) is 25.2 Å². The maximum Gasteiger partial charge on any atom is 0.202 e. The van der Waals surface area contributed by atoms with Gasteiger partial charge >= 0.3 is 0 Å². The van der Waals surface area contributed by atoms with Crippen LogP contribution >= 0.6 is 0 Å². The zero-order valence-electron chi connectivity index (χ0n) is 13.4. The minimum absolute atomic E-state index is 0.0684. The predicted octanol–water partition coefficient (Wildman–Crippen LogP) is 3.82. The molecule has 0 amide bonds. The Balaban J connectivity index is 2.17. The molecule has 0 fully saturated rings. The fourth-order valence-electron chi connectivity index (χ4n) is 2.76. The van der Waals surface area contributed by atoms with E-state index in [4.69, 9.17) is 10.00 Å². The summed E-state index contributed by atoms with van der Waals surface area (Å²) >= 11 is 0. The first kappa shape index (κ1) is 15.8. The van der Waals surface area contributed by atoms with Gasteiger partial charge in [0.05, 0.1) is 5.56 Å². The number of aryl methyl sites for hydroxylation is 1. The second kappa shape index (κ2) is 6.48. The molecule has 2 aromatic rings. The van der Waals surface area contributed by atoms with E-state index in [9.17, 15) is 4.79 Å². The van der Waals surface area contributed by atoms with Crippen molar-refractivity contribution in [3.05, 3.63) is 52.8 Å². The standard InChI is InChI=1S/C18H20N2O2/c1-12(2)20-13(3)9-16(14(20)4)17(21)11-22-18-8-6-5-7-15(18)10-19/h5-9,12H,11H2,1-4H3. The number of hydrogen-bond donors (Lipinski definition) is 0. The normalized spacial score (nSPS) is 10.5. The summed E-state index contributed by atoms with van der Waals surface area (Å²) in [5, 5.41) is 9.03. The zero-order chi connectivity index (χ0) is 16.3. The molecule has 1 aromatic carbocycles. The molecule has 114 valence electrons. The molecule has 0 N–H and O–H groups in total. The summed E-state index contributed by atoms with van der Waals surface area (Å²) < 4.78 is 7.66. The number of rotatable bonds is 5. The lowest BCUT2D eigenvalue weighted by Gasteiger charge is -2.13. The Morgan fingerprint density at radius 2 is 2.00 bits per heavy atom. The summed E-state index contributed by atoms with van der Waals surface area (Å²) in [5.74, 6) is 0.365. The highest BCUT2D eigenvalue weighted by Gasteiger charge is 2.17. The second-order valence-electron chi connectivity index (χ2n) is 5.57. The van der Waals surface area contributed by atoms with Crippen molar-refractivity contribution in [1.29, 1.82) is 5.26 Å². The predicted molar refractivity (Wildman–Crippen MR) is 85.3 cm³/mol. The number of benzene rings is 1. The van der Waals surface area contributed by atoms with Crippen LogP contribution in [0.1, 0.15) is 47.2 Å². The average Bonchev–Trinajstić information content (AvgIpc) is 2.80. The molecule has 0 saturated carbocycles. The summed E-state index contributed by atoms with van der Waals surface area (Å²) in [4.78, 5) is 12.4. The van der Waals surface area contributed by atoms with Gasteiger partial charge in [-0.15, -0.1) is 0 Å². The molecule has 0 unspecified atom stereocenters. The van der Waals surface area contributed by atoms with E-state index in [1.54, 1.807) is 24.3 Å². The lowest BCUT2D eigenvalue weighted by Crippen LogP contribution is -2.14. The van der Waals surface area contributed by atoms with Gasteiger partial charge in [-0.05, 0) is 45.9 Å². The first-order valence-electron chi connectivity index (χ1n) is 7.29. The van der Waals surface area contributed by atoms with Gasteiger partial charge in [-0.2, -0.15) is 5.26 Å². The molecule has 0 radical (unpaired) electrons. The Morgan fingerprint density at radius 1 is 1.32 bits per heavy atom. The number of para-hydroxylation sites is 1. The molecular weight excluding hydrogens is 276 g/mol. The summed E-state index contributed by atoms with van der Waals surface area (Å²) in [7, 11) is 0. The van der Waals surface area contributed by atoms with Crippen LogP contribution in [0.5, 0.6) is 5.75 Å². The number of ketones is 1. The Morgan fingerprint density at radius 3 is 2.59 bits per heavy atom. The molecule has 0 atom stereocenters. The van der Waals surface area contributed by atoms with Crippen molar-refractivity contribution < 1.29 is 9.53 Å². The molecule has 1 aromatic heterocycles. The third kappa shape index (κ3) is 3.04. The number of ether oxygens (including phenoxy) is 1. The van der Waals surface area contributed by atoms with E-state index in [0.717, 1.165) is 11.4 Å². The SMILES string of the molecule is Cc1cc(C(=O)COc2ccccc2C#N)c(C)n1C(C)C. The molecule has 1 heterocycles. The minimum Gasteiger partial charge on any atom is -0.484 e. The Hall–Kier alpha value is -2.54. The van der Waals surface area contributed by atoms with Gasteiger partial charge in [0.1, 0.15) is 11.8 Å². The van der Waals surface area contributed by atoms with Gasteiger partial charge in [0.15, 0.2) is 6.61 Å². The van der Waals surface area contributed by atoms with Crippen LogP contribution in [-0.2, 0) is 0 Å². The smallest absolute Gasteiger partial charge is 0.202 e. The maximum absolute atomic E-state index is 12.4. The number of hydrogen-bond acceptors (Lipinski definition) is 3. The van der Waals surface area contributed by atoms with E-state index >= 15 is 0 Å². The summed E-state index contributed by atoms with van der Waals surface area (Å²) in [6.45, 7) is 8.06. The van der Waals surface area contributed by atoms with Crippen LogP contribution in [0.2, 0.25) is 0 Å². The topological polar surface area (TPSA) is 55.0 Å². The number of aromatic nitrogens is 1. The van der Waals surface area contributed by atoms with Gasteiger partial charge in [-0.3, -0.25) is 4.79 Å². The number of Topliss-reactive ketones (excluding diaryl/α,β-unsaturated/α-hetero) is 1. The van der Waals surface area contributed by atoms with Crippen molar-refractivity contribution in [1.82, 2.24) is 4.57 Å². The van der Waals surface area contributed by atoms with Gasteiger partial charge in [-0.25, -0.2) is 0 Å². The monoisotopic (exact) mass is 296 g/mol. The highest BCUT2D eigenvalue weighted by atomic mass is 16.5. The van der Waals surface area contributed by atoms with Crippen molar-refractivity contribution in [2.24, 2.45) is 0 Å². The zero-order valence-corrected chi connectivity index (χ0v) is 13.4. The third-order valence-corrected chi connectivity index (χ3v) is 3.67. The summed E-state index contributed by atoms with van der Waals surface area (Å²) in [6.07, 6.45) is 0. The van der Waals surface area contributed by atoms with Gasteiger partial charge in [0, 0.05) is 23.0 Å². The third-order valence-electron chi connectivity index (χ3n) is 3.67. The Labute approximate surface area is 130 Å². The summed E-state index contributed by atoms with van der Waals surface area (Å²) in [5.41, 5.74) is 3.13. The average molecular weight is 296 g/mol. The van der Waals surface area contributed by atoms with Gasteiger partial charge < -0.3 is 9.30 Å². The number of nitriles is 1. The molecule has 4 nitrogen and oxygen atoms in total. The molecule has 0 aliphatic heterocycles. The number of carbonyl (C=O) groups is 1. The largest absolute Gasteiger partial charge is 0.484 e. The summed E-state index contributed by atoms with van der Waals surface area (Å²) in [6, 6.07) is 11.2. The molecular formula is C18H20N2O2. The first-order chi connectivity index (χ1) is 10.5. The highest BCUT2D eigenvalue weighted by Crippen LogP contribution is 2.21. The van der Waals surface area contributed by atoms with Gasteiger partial charge in [-0.1, -0.05) is 12.1 Å². The fraction of sp³-hybridized carbons (Fsp3) is 0.333. The molecule has 0 aliphatic carbocycles. The fourth-order valence-corrected chi connectivity index (χ4v) is 2.76. The lowest BCUT2D eigenvalue weighted by molar-refractivity contribution is 0.0920. The quantitative estimate of drug-likeness (QED) is 0.788. The molecule has 2 rings (SSSR count).